The van der Waals surface area contributed by atoms with Crippen molar-refractivity contribution in [3.63, 3.8) is 0 Å². The number of hydrogen-bond acceptors (Lipinski definition) is 4. The fraction of sp³-hybridized carbons (Fsp3) is 0.538. The lowest BCUT2D eigenvalue weighted by atomic mass is 10.0. The van der Waals surface area contributed by atoms with Crippen LogP contribution in [-0.2, 0) is 4.74 Å². The summed E-state index contributed by atoms with van der Waals surface area (Å²) in [5.41, 5.74) is 2.05. The molecule has 5 heteroatoms. The molecule has 0 bridgehead atoms. The molecule has 0 amide bonds. The fourth-order valence-electron chi connectivity index (χ4n) is 2.41. The van der Waals surface area contributed by atoms with Crippen LogP contribution in [0.5, 0.6) is 0 Å². The van der Waals surface area contributed by atoms with Crippen molar-refractivity contribution in [1.82, 2.24) is 14.6 Å². The maximum absolute atomic E-state index is 5.54. The Balaban J connectivity index is 1.80. The van der Waals surface area contributed by atoms with E-state index in [1.807, 2.05) is 29.8 Å². The molecule has 2 aromatic heterocycles. The van der Waals surface area contributed by atoms with Crippen LogP contribution in [-0.4, -0.2) is 33.4 Å². The van der Waals surface area contributed by atoms with Crippen molar-refractivity contribution in [3.05, 3.63) is 23.9 Å². The number of nitrogens with one attached hydrogen (secondary N) is 1. The summed E-state index contributed by atoms with van der Waals surface area (Å²) in [6.07, 6.45) is 4.26. The van der Waals surface area contributed by atoms with Crippen LogP contribution in [0.1, 0.15) is 25.3 Å². The fourth-order valence-corrected chi connectivity index (χ4v) is 2.41. The van der Waals surface area contributed by atoms with E-state index in [9.17, 15) is 0 Å². The summed E-state index contributed by atoms with van der Waals surface area (Å²) in [7, 11) is 0. The molecule has 1 N–H and O–H groups in total. The van der Waals surface area contributed by atoms with Gasteiger partial charge in [-0.15, -0.1) is 5.10 Å². The van der Waals surface area contributed by atoms with Crippen molar-refractivity contribution in [2.75, 3.05) is 11.9 Å². The molecular formula is C13H18N4O. The molecule has 0 spiro atoms. The maximum atomic E-state index is 5.54. The van der Waals surface area contributed by atoms with E-state index in [1.54, 1.807) is 0 Å². The summed E-state index contributed by atoms with van der Waals surface area (Å²) < 4.78 is 7.36. The molecule has 1 aliphatic rings. The summed E-state index contributed by atoms with van der Waals surface area (Å²) in [4.78, 5) is 4.53. The molecular weight excluding hydrogens is 228 g/mol. The molecule has 5 nitrogen and oxygen atoms in total. The lowest BCUT2D eigenvalue weighted by Crippen LogP contribution is -2.32. The molecule has 0 radical (unpaired) electrons. The predicted octanol–water partition coefficient (Wildman–Crippen LogP) is 2.02. The van der Waals surface area contributed by atoms with E-state index in [4.69, 9.17) is 4.74 Å². The van der Waals surface area contributed by atoms with Crippen molar-refractivity contribution in [1.29, 1.82) is 0 Å². The largest absolute Gasteiger partial charge is 0.378 e. The minimum absolute atomic E-state index is 0.315. The number of aromatic nitrogens is 3. The van der Waals surface area contributed by atoms with Crippen molar-refractivity contribution in [2.24, 2.45) is 0 Å². The highest BCUT2D eigenvalue weighted by molar-refractivity contribution is 5.49. The second-order valence-corrected chi connectivity index (χ2v) is 4.94. The Morgan fingerprint density at radius 1 is 1.50 bits per heavy atom. The Labute approximate surface area is 106 Å². The molecule has 2 atom stereocenters. The van der Waals surface area contributed by atoms with Crippen LogP contribution in [0.2, 0.25) is 0 Å². The van der Waals surface area contributed by atoms with Gasteiger partial charge >= 0.3 is 0 Å². The van der Waals surface area contributed by atoms with Gasteiger partial charge in [-0.1, -0.05) is 6.07 Å². The van der Waals surface area contributed by atoms with Crippen molar-refractivity contribution in [3.8, 4) is 0 Å². The molecule has 1 aliphatic heterocycles. The molecule has 0 saturated carbocycles. The highest BCUT2D eigenvalue weighted by Crippen LogP contribution is 2.17. The van der Waals surface area contributed by atoms with Gasteiger partial charge in [-0.05, 0) is 38.3 Å². The van der Waals surface area contributed by atoms with E-state index < -0.39 is 0 Å². The summed E-state index contributed by atoms with van der Waals surface area (Å²) in [5, 5.41) is 7.85. The molecule has 18 heavy (non-hydrogen) atoms. The topological polar surface area (TPSA) is 51.5 Å². The molecule has 2 unspecified atom stereocenters. The van der Waals surface area contributed by atoms with E-state index in [1.165, 1.54) is 0 Å². The molecule has 3 heterocycles. The number of rotatable bonds is 2. The van der Waals surface area contributed by atoms with E-state index in [0.717, 1.165) is 30.7 Å². The van der Waals surface area contributed by atoms with Gasteiger partial charge in [-0.25, -0.2) is 4.52 Å². The standard InChI is InChI=1S/C13H18N4O/c1-9-4-3-6-17-12(9)15-13(16-17)14-11-5-7-18-10(2)8-11/h3-4,6,10-11H,5,7-8H2,1-2H3,(H,14,16). The van der Waals surface area contributed by atoms with Gasteiger partial charge < -0.3 is 10.1 Å². The van der Waals surface area contributed by atoms with Crippen LogP contribution in [0, 0.1) is 6.92 Å². The summed E-state index contributed by atoms with van der Waals surface area (Å²) in [6.45, 7) is 4.96. The van der Waals surface area contributed by atoms with E-state index >= 15 is 0 Å². The zero-order chi connectivity index (χ0) is 12.5. The molecule has 0 aliphatic carbocycles. The Morgan fingerprint density at radius 2 is 2.39 bits per heavy atom. The number of nitrogens with zero attached hydrogens (tertiary/aromatic N) is 3. The zero-order valence-corrected chi connectivity index (χ0v) is 10.8. The van der Waals surface area contributed by atoms with Gasteiger partial charge in [0, 0.05) is 18.8 Å². The summed E-state index contributed by atoms with van der Waals surface area (Å²) in [5.74, 6) is 0.711. The summed E-state index contributed by atoms with van der Waals surface area (Å²) in [6, 6.07) is 4.44. The zero-order valence-electron chi connectivity index (χ0n) is 10.8. The van der Waals surface area contributed by atoms with E-state index in [-0.39, 0.29) is 0 Å². The molecule has 2 aromatic rings. The second-order valence-electron chi connectivity index (χ2n) is 4.94. The molecule has 1 saturated heterocycles. The van der Waals surface area contributed by atoms with Crippen LogP contribution in [0.3, 0.4) is 0 Å². The van der Waals surface area contributed by atoms with Gasteiger partial charge in [0.25, 0.3) is 0 Å². The highest BCUT2D eigenvalue weighted by Gasteiger charge is 2.20. The third-order valence-corrected chi connectivity index (χ3v) is 3.38. The lowest BCUT2D eigenvalue weighted by Gasteiger charge is -2.27. The Hall–Kier alpha value is -1.62. The number of anilines is 1. The van der Waals surface area contributed by atoms with Crippen molar-refractivity contribution < 1.29 is 4.74 Å². The number of aryl methyl sites for hydroxylation is 1. The smallest absolute Gasteiger partial charge is 0.243 e. The predicted molar refractivity (Wildman–Crippen MR) is 69.8 cm³/mol. The third kappa shape index (κ3) is 2.18. The summed E-state index contributed by atoms with van der Waals surface area (Å²) >= 11 is 0. The lowest BCUT2D eigenvalue weighted by molar-refractivity contribution is 0.0231. The second kappa shape index (κ2) is 4.57. The van der Waals surface area contributed by atoms with Crippen LogP contribution >= 0.6 is 0 Å². The average Bonchev–Trinajstić information content (AvgIpc) is 2.73. The van der Waals surface area contributed by atoms with Crippen LogP contribution in [0.4, 0.5) is 5.95 Å². The average molecular weight is 246 g/mol. The molecule has 96 valence electrons. The molecule has 1 fully saturated rings. The maximum Gasteiger partial charge on any atom is 0.243 e. The normalized spacial score (nSPS) is 24.3. The minimum atomic E-state index is 0.315. The van der Waals surface area contributed by atoms with E-state index in [0.29, 0.717) is 18.1 Å². The minimum Gasteiger partial charge on any atom is -0.378 e. The Bertz CT molecular complexity index is 551. The van der Waals surface area contributed by atoms with Crippen LogP contribution < -0.4 is 5.32 Å². The van der Waals surface area contributed by atoms with Crippen LogP contribution in [0.25, 0.3) is 5.65 Å². The van der Waals surface area contributed by atoms with Gasteiger partial charge in [-0.3, -0.25) is 0 Å². The number of pyridine rings is 1. The van der Waals surface area contributed by atoms with Gasteiger partial charge in [0.2, 0.25) is 5.95 Å². The SMILES string of the molecule is Cc1cccn2nc(NC3CCOC(C)C3)nc12. The van der Waals surface area contributed by atoms with Crippen molar-refractivity contribution in [2.45, 2.75) is 38.8 Å². The van der Waals surface area contributed by atoms with Gasteiger partial charge in [-0.2, -0.15) is 4.98 Å². The first-order chi connectivity index (χ1) is 8.72. The number of ether oxygens (including phenoxy) is 1. The van der Waals surface area contributed by atoms with Gasteiger partial charge in [0.15, 0.2) is 5.65 Å². The quantitative estimate of drug-likeness (QED) is 0.880. The highest BCUT2D eigenvalue weighted by atomic mass is 16.5. The Kier molecular flexibility index (Phi) is 2.91. The van der Waals surface area contributed by atoms with Gasteiger partial charge in [0.05, 0.1) is 6.10 Å². The Morgan fingerprint density at radius 3 is 3.17 bits per heavy atom. The molecule has 0 aromatic carbocycles. The van der Waals surface area contributed by atoms with Gasteiger partial charge in [0.1, 0.15) is 0 Å². The van der Waals surface area contributed by atoms with Crippen molar-refractivity contribution >= 4 is 11.6 Å². The molecule has 3 rings (SSSR count). The third-order valence-electron chi connectivity index (χ3n) is 3.38. The monoisotopic (exact) mass is 246 g/mol. The van der Waals surface area contributed by atoms with Crippen LogP contribution in [0.15, 0.2) is 18.3 Å². The van der Waals surface area contributed by atoms with E-state index in [2.05, 4.69) is 22.3 Å². The first-order valence-electron chi connectivity index (χ1n) is 6.42. The first-order valence-corrected chi connectivity index (χ1v) is 6.42. The number of fused-ring (bicyclic) bond motifs is 1. The number of hydrogen-bond donors (Lipinski definition) is 1. The first kappa shape index (κ1) is 11.5.